The van der Waals surface area contributed by atoms with Crippen LogP contribution in [0.2, 0.25) is 4.34 Å². The highest BCUT2D eigenvalue weighted by Gasteiger charge is 2.28. The van der Waals surface area contributed by atoms with Gasteiger partial charge in [-0.3, -0.25) is 4.79 Å². The van der Waals surface area contributed by atoms with Crippen molar-refractivity contribution >= 4 is 38.7 Å². The molecule has 1 aliphatic rings. The van der Waals surface area contributed by atoms with Crippen molar-refractivity contribution in [2.75, 3.05) is 11.5 Å². The molecule has 1 atom stereocenters. The predicted octanol–water partition coefficient (Wildman–Crippen LogP) is 1.25. The molecule has 1 fully saturated rings. The first kappa shape index (κ1) is 12.9. The maximum atomic E-state index is 11.6. The van der Waals surface area contributed by atoms with Crippen molar-refractivity contribution in [3.8, 4) is 0 Å². The van der Waals surface area contributed by atoms with Crippen molar-refractivity contribution in [2.24, 2.45) is 0 Å². The minimum Gasteiger partial charge on any atom is -0.352 e. The molecule has 1 unspecified atom stereocenters. The lowest BCUT2D eigenvalue weighted by Gasteiger charge is -2.09. The summed E-state index contributed by atoms with van der Waals surface area (Å²) in [6.45, 7) is 0. The van der Waals surface area contributed by atoms with E-state index < -0.39 is 9.84 Å². The number of amides is 1. The number of hydrogen-bond donors (Lipinski definition) is 1. The zero-order chi connectivity index (χ0) is 12.5. The summed E-state index contributed by atoms with van der Waals surface area (Å²) < 4.78 is 23.1. The summed E-state index contributed by atoms with van der Waals surface area (Å²) in [5.41, 5.74) is 0. The lowest BCUT2D eigenvalue weighted by Crippen LogP contribution is -2.36. The molecule has 4 nitrogen and oxygen atoms in total. The first-order valence-corrected chi connectivity index (χ1v) is 8.20. The summed E-state index contributed by atoms with van der Waals surface area (Å²) in [6.07, 6.45) is 0.771. The van der Waals surface area contributed by atoms with Crippen molar-refractivity contribution < 1.29 is 13.2 Å². The van der Waals surface area contributed by atoms with Gasteiger partial charge in [-0.25, -0.2) is 8.42 Å². The standard InChI is InChI=1S/C10H12ClNO3S2/c11-9-2-1-8(16-9)5-10(13)12-7-3-4-17(14,15)6-7/h1-2,7H,3-6H2,(H,12,13). The Bertz CT molecular complexity index is 523. The van der Waals surface area contributed by atoms with E-state index in [1.54, 1.807) is 12.1 Å². The Morgan fingerprint density at radius 2 is 2.29 bits per heavy atom. The van der Waals surface area contributed by atoms with Crippen LogP contribution in [0.25, 0.3) is 0 Å². The molecule has 2 rings (SSSR count). The van der Waals surface area contributed by atoms with Gasteiger partial charge in [0, 0.05) is 10.9 Å². The van der Waals surface area contributed by atoms with Crippen molar-refractivity contribution in [3.05, 3.63) is 21.3 Å². The maximum Gasteiger partial charge on any atom is 0.225 e. The topological polar surface area (TPSA) is 63.2 Å². The molecule has 0 radical (unpaired) electrons. The second-order valence-electron chi connectivity index (χ2n) is 4.05. The molecule has 17 heavy (non-hydrogen) atoms. The van der Waals surface area contributed by atoms with Crippen molar-refractivity contribution in [1.29, 1.82) is 0 Å². The molecule has 0 aliphatic carbocycles. The van der Waals surface area contributed by atoms with E-state index in [2.05, 4.69) is 5.32 Å². The highest BCUT2D eigenvalue weighted by Crippen LogP contribution is 2.21. The van der Waals surface area contributed by atoms with Crippen LogP contribution in [0.1, 0.15) is 11.3 Å². The van der Waals surface area contributed by atoms with E-state index in [1.165, 1.54) is 11.3 Å². The third-order valence-electron chi connectivity index (χ3n) is 2.56. The smallest absolute Gasteiger partial charge is 0.225 e. The number of sulfone groups is 1. The zero-order valence-electron chi connectivity index (χ0n) is 8.98. The number of carbonyl (C=O) groups is 1. The molecule has 1 aromatic heterocycles. The van der Waals surface area contributed by atoms with Crippen molar-refractivity contribution in [3.63, 3.8) is 0 Å². The quantitative estimate of drug-likeness (QED) is 0.912. The molecule has 0 bridgehead atoms. The highest BCUT2D eigenvalue weighted by atomic mass is 35.5. The van der Waals surface area contributed by atoms with E-state index in [1.807, 2.05) is 0 Å². The minimum atomic E-state index is -2.94. The van der Waals surface area contributed by atoms with Crippen LogP contribution in [0.3, 0.4) is 0 Å². The van der Waals surface area contributed by atoms with E-state index >= 15 is 0 Å². The summed E-state index contributed by atoms with van der Waals surface area (Å²) in [4.78, 5) is 12.5. The average Bonchev–Trinajstić information content (AvgIpc) is 2.73. The van der Waals surface area contributed by atoms with Gasteiger partial charge in [0.2, 0.25) is 5.91 Å². The Labute approximate surface area is 109 Å². The van der Waals surface area contributed by atoms with Crippen LogP contribution in [0.5, 0.6) is 0 Å². The summed E-state index contributed by atoms with van der Waals surface area (Å²) in [7, 11) is -2.94. The third kappa shape index (κ3) is 3.69. The van der Waals surface area contributed by atoms with Crippen LogP contribution in [0, 0.1) is 0 Å². The molecule has 1 amide bonds. The third-order valence-corrected chi connectivity index (χ3v) is 5.56. The van der Waals surface area contributed by atoms with Gasteiger partial charge in [-0.2, -0.15) is 0 Å². The van der Waals surface area contributed by atoms with Crippen LogP contribution in [0.4, 0.5) is 0 Å². The second kappa shape index (κ2) is 4.96. The van der Waals surface area contributed by atoms with Gasteiger partial charge in [0.15, 0.2) is 9.84 Å². The Hall–Kier alpha value is -0.590. The van der Waals surface area contributed by atoms with Crippen LogP contribution < -0.4 is 5.32 Å². The summed E-state index contributed by atoms with van der Waals surface area (Å²) >= 11 is 7.12. The van der Waals surface area contributed by atoms with Gasteiger partial charge in [0.05, 0.1) is 22.3 Å². The fourth-order valence-corrected chi connectivity index (χ4v) is 4.55. The Morgan fingerprint density at radius 1 is 1.53 bits per heavy atom. The largest absolute Gasteiger partial charge is 0.352 e. The van der Waals surface area contributed by atoms with Crippen molar-refractivity contribution in [1.82, 2.24) is 5.32 Å². The van der Waals surface area contributed by atoms with Gasteiger partial charge in [0.25, 0.3) is 0 Å². The first-order valence-electron chi connectivity index (χ1n) is 5.19. The van der Waals surface area contributed by atoms with Gasteiger partial charge < -0.3 is 5.32 Å². The van der Waals surface area contributed by atoms with E-state index in [4.69, 9.17) is 11.6 Å². The lowest BCUT2D eigenvalue weighted by molar-refractivity contribution is -0.120. The van der Waals surface area contributed by atoms with Gasteiger partial charge in [-0.1, -0.05) is 11.6 Å². The summed E-state index contributed by atoms with van der Waals surface area (Å²) in [5.74, 6) is 0.0813. The Balaban J connectivity index is 1.86. The fraction of sp³-hybridized carbons (Fsp3) is 0.500. The first-order chi connectivity index (χ1) is 7.94. The molecule has 1 N–H and O–H groups in total. The molecule has 1 aliphatic heterocycles. The van der Waals surface area contributed by atoms with Crippen LogP contribution in [0.15, 0.2) is 12.1 Å². The molecule has 0 aromatic carbocycles. The molecule has 2 heterocycles. The normalized spacial score (nSPS) is 22.5. The van der Waals surface area contributed by atoms with Crippen molar-refractivity contribution in [2.45, 2.75) is 18.9 Å². The number of hydrogen-bond acceptors (Lipinski definition) is 4. The van der Waals surface area contributed by atoms with E-state index in [0.29, 0.717) is 10.8 Å². The van der Waals surface area contributed by atoms with Gasteiger partial charge in [-0.15, -0.1) is 11.3 Å². The molecule has 0 spiro atoms. The van der Waals surface area contributed by atoms with Gasteiger partial charge >= 0.3 is 0 Å². The maximum absolute atomic E-state index is 11.6. The van der Waals surface area contributed by atoms with Crippen LogP contribution >= 0.6 is 22.9 Å². The summed E-state index contributed by atoms with van der Waals surface area (Å²) in [6, 6.07) is 3.32. The Morgan fingerprint density at radius 3 is 2.82 bits per heavy atom. The minimum absolute atomic E-state index is 0.0595. The van der Waals surface area contributed by atoms with Gasteiger partial charge in [-0.05, 0) is 18.6 Å². The van der Waals surface area contributed by atoms with Gasteiger partial charge in [0.1, 0.15) is 0 Å². The monoisotopic (exact) mass is 293 g/mol. The number of thiophene rings is 1. The summed E-state index contributed by atoms with van der Waals surface area (Å²) in [5, 5.41) is 2.74. The van der Waals surface area contributed by atoms with Crippen LogP contribution in [-0.2, 0) is 21.1 Å². The SMILES string of the molecule is O=C(Cc1ccc(Cl)s1)NC1CCS(=O)(=O)C1. The second-order valence-corrected chi connectivity index (χ2v) is 8.08. The Kier molecular flexibility index (Phi) is 3.75. The molecule has 7 heteroatoms. The molecular formula is C10H12ClNO3S2. The van der Waals surface area contributed by atoms with E-state index in [-0.39, 0.29) is 29.9 Å². The molecular weight excluding hydrogens is 282 g/mol. The predicted molar refractivity (Wildman–Crippen MR) is 68.2 cm³/mol. The average molecular weight is 294 g/mol. The lowest BCUT2D eigenvalue weighted by atomic mass is 10.2. The molecule has 94 valence electrons. The molecule has 1 aromatic rings. The number of halogens is 1. The number of rotatable bonds is 3. The fourth-order valence-electron chi connectivity index (χ4n) is 1.79. The number of carbonyl (C=O) groups excluding carboxylic acids is 1. The van der Waals surface area contributed by atoms with Crippen LogP contribution in [-0.4, -0.2) is 31.9 Å². The molecule has 0 saturated carbocycles. The number of nitrogens with one attached hydrogen (secondary N) is 1. The van der Waals surface area contributed by atoms with E-state index in [9.17, 15) is 13.2 Å². The highest BCUT2D eigenvalue weighted by molar-refractivity contribution is 7.91. The molecule has 1 saturated heterocycles. The van der Waals surface area contributed by atoms with E-state index in [0.717, 1.165) is 4.88 Å². The zero-order valence-corrected chi connectivity index (χ0v) is 11.4.